The van der Waals surface area contributed by atoms with Gasteiger partial charge in [0.1, 0.15) is 0 Å². The van der Waals surface area contributed by atoms with Crippen LogP contribution in [0.5, 0.6) is 0 Å². The third-order valence-electron chi connectivity index (χ3n) is 3.34. The molecule has 0 saturated heterocycles. The Labute approximate surface area is 143 Å². The van der Waals surface area contributed by atoms with E-state index < -0.39 is 0 Å². The molecule has 0 aliphatic heterocycles. The van der Waals surface area contributed by atoms with Crippen molar-refractivity contribution in [1.29, 1.82) is 0 Å². The maximum absolute atomic E-state index is 4.46. The van der Waals surface area contributed by atoms with Crippen LogP contribution < -0.4 is 10.6 Å². The van der Waals surface area contributed by atoms with Gasteiger partial charge in [-0.15, -0.1) is 5.10 Å². The van der Waals surface area contributed by atoms with Crippen molar-refractivity contribution in [1.82, 2.24) is 15.2 Å². The van der Waals surface area contributed by atoms with E-state index >= 15 is 0 Å². The first kappa shape index (κ1) is 15.4. The molecular weight excluding hydrogens is 354 g/mol. The zero-order chi connectivity index (χ0) is 16.1. The summed E-state index contributed by atoms with van der Waals surface area (Å²) < 4.78 is 0.943. The number of nitrogens with zero attached hydrogens (tertiary/aromatic N) is 3. The highest BCUT2D eigenvalue weighted by atomic mass is 79.9. The lowest BCUT2D eigenvalue weighted by molar-refractivity contribution is 0.981. The van der Waals surface area contributed by atoms with E-state index in [9.17, 15) is 0 Å². The van der Waals surface area contributed by atoms with E-state index in [0.717, 1.165) is 22.3 Å². The lowest BCUT2D eigenvalue weighted by Crippen LogP contribution is -2.03. The second-order valence-electron chi connectivity index (χ2n) is 4.91. The molecular formula is C17H16BrN5. The zero-order valence-corrected chi connectivity index (χ0v) is 14.2. The van der Waals surface area contributed by atoms with Crippen molar-refractivity contribution in [3.63, 3.8) is 0 Å². The number of para-hydroxylation sites is 2. The first-order chi connectivity index (χ1) is 11.3. The van der Waals surface area contributed by atoms with Crippen molar-refractivity contribution in [2.75, 3.05) is 10.6 Å². The van der Waals surface area contributed by atoms with E-state index in [1.54, 1.807) is 6.20 Å². The fourth-order valence-electron chi connectivity index (χ4n) is 2.19. The first-order valence-electron chi connectivity index (χ1n) is 7.32. The van der Waals surface area contributed by atoms with Gasteiger partial charge in [-0.2, -0.15) is 10.1 Å². The SMILES string of the molecule is CCc1ccccc1Nc1cnnc(Nc2ccccc2Br)n1. The summed E-state index contributed by atoms with van der Waals surface area (Å²) >= 11 is 3.49. The minimum atomic E-state index is 0.441. The number of rotatable bonds is 5. The molecule has 3 rings (SSSR count). The molecule has 0 saturated carbocycles. The molecule has 2 aromatic carbocycles. The van der Waals surface area contributed by atoms with Crippen molar-refractivity contribution in [3.05, 3.63) is 64.8 Å². The van der Waals surface area contributed by atoms with Crippen LogP contribution in [-0.2, 0) is 6.42 Å². The highest BCUT2D eigenvalue weighted by Gasteiger charge is 2.05. The number of nitrogens with one attached hydrogen (secondary N) is 2. The highest BCUT2D eigenvalue weighted by Crippen LogP contribution is 2.24. The Kier molecular flexibility index (Phi) is 4.83. The first-order valence-corrected chi connectivity index (χ1v) is 8.12. The molecule has 5 nitrogen and oxygen atoms in total. The van der Waals surface area contributed by atoms with Gasteiger partial charge in [0.25, 0.3) is 0 Å². The summed E-state index contributed by atoms with van der Waals surface area (Å²) in [6.45, 7) is 2.12. The van der Waals surface area contributed by atoms with Crippen LogP contribution in [0.15, 0.2) is 59.2 Å². The van der Waals surface area contributed by atoms with Gasteiger partial charge in [0.2, 0.25) is 5.95 Å². The van der Waals surface area contributed by atoms with Gasteiger partial charge in [-0.25, -0.2) is 0 Å². The molecule has 23 heavy (non-hydrogen) atoms. The maximum atomic E-state index is 4.46. The molecule has 116 valence electrons. The third kappa shape index (κ3) is 3.84. The molecule has 0 bridgehead atoms. The number of hydrogen-bond donors (Lipinski definition) is 2. The van der Waals surface area contributed by atoms with E-state index in [0.29, 0.717) is 11.8 Å². The summed E-state index contributed by atoms with van der Waals surface area (Å²) in [6, 6.07) is 15.9. The van der Waals surface area contributed by atoms with E-state index in [-0.39, 0.29) is 0 Å². The molecule has 1 heterocycles. The summed E-state index contributed by atoms with van der Waals surface area (Å²) in [4.78, 5) is 4.46. The summed E-state index contributed by atoms with van der Waals surface area (Å²) in [5.74, 6) is 1.09. The largest absolute Gasteiger partial charge is 0.339 e. The van der Waals surface area contributed by atoms with Crippen molar-refractivity contribution in [2.24, 2.45) is 0 Å². The quantitative estimate of drug-likeness (QED) is 0.683. The van der Waals surface area contributed by atoms with Gasteiger partial charge in [0.15, 0.2) is 5.82 Å². The van der Waals surface area contributed by atoms with Gasteiger partial charge < -0.3 is 10.6 Å². The second kappa shape index (κ2) is 7.19. The summed E-state index contributed by atoms with van der Waals surface area (Å²) in [5, 5.41) is 14.5. The number of hydrogen-bond acceptors (Lipinski definition) is 5. The molecule has 3 aromatic rings. The fourth-order valence-corrected chi connectivity index (χ4v) is 2.57. The second-order valence-corrected chi connectivity index (χ2v) is 5.76. The molecule has 0 spiro atoms. The lowest BCUT2D eigenvalue weighted by atomic mass is 10.1. The average molecular weight is 370 g/mol. The number of aromatic nitrogens is 3. The number of benzene rings is 2. The van der Waals surface area contributed by atoms with Crippen LogP contribution in [0.25, 0.3) is 0 Å². The zero-order valence-electron chi connectivity index (χ0n) is 12.6. The summed E-state index contributed by atoms with van der Waals surface area (Å²) in [6.07, 6.45) is 2.56. The Bertz CT molecular complexity index is 806. The Hall–Kier alpha value is -2.47. The molecule has 2 N–H and O–H groups in total. The van der Waals surface area contributed by atoms with E-state index in [1.807, 2.05) is 42.5 Å². The van der Waals surface area contributed by atoms with Gasteiger partial charge >= 0.3 is 0 Å². The van der Waals surface area contributed by atoms with Crippen LogP contribution in [0.1, 0.15) is 12.5 Å². The molecule has 0 amide bonds. The van der Waals surface area contributed by atoms with Crippen molar-refractivity contribution >= 4 is 39.1 Å². The third-order valence-corrected chi connectivity index (χ3v) is 4.03. The minimum Gasteiger partial charge on any atom is -0.339 e. The maximum Gasteiger partial charge on any atom is 0.249 e. The van der Waals surface area contributed by atoms with Gasteiger partial charge in [-0.3, -0.25) is 0 Å². The molecule has 0 fully saturated rings. The molecule has 6 heteroatoms. The monoisotopic (exact) mass is 369 g/mol. The Morgan fingerprint density at radius 2 is 1.70 bits per heavy atom. The molecule has 0 atom stereocenters. The smallest absolute Gasteiger partial charge is 0.249 e. The normalized spacial score (nSPS) is 10.3. The van der Waals surface area contributed by atoms with Crippen molar-refractivity contribution < 1.29 is 0 Å². The summed E-state index contributed by atoms with van der Waals surface area (Å²) in [7, 11) is 0. The standard InChI is InChI=1S/C17H16BrN5/c1-2-12-7-3-5-9-14(12)20-16-11-19-23-17(22-16)21-15-10-6-4-8-13(15)18/h3-11H,2H2,1H3,(H2,20,21,22,23). The van der Waals surface area contributed by atoms with Crippen molar-refractivity contribution in [3.8, 4) is 0 Å². The minimum absolute atomic E-state index is 0.441. The van der Waals surface area contributed by atoms with Gasteiger partial charge in [-0.1, -0.05) is 37.3 Å². The van der Waals surface area contributed by atoms with E-state index in [2.05, 4.69) is 54.7 Å². The summed E-state index contributed by atoms with van der Waals surface area (Å²) in [5.41, 5.74) is 3.15. The molecule has 0 aliphatic rings. The predicted octanol–water partition coefficient (Wildman–Crippen LogP) is 4.68. The highest BCUT2D eigenvalue weighted by molar-refractivity contribution is 9.10. The predicted molar refractivity (Wildman–Crippen MR) is 96.4 cm³/mol. The molecule has 0 radical (unpaired) electrons. The Morgan fingerprint density at radius 3 is 2.48 bits per heavy atom. The average Bonchev–Trinajstić information content (AvgIpc) is 2.58. The topological polar surface area (TPSA) is 62.7 Å². The van der Waals surface area contributed by atoms with Crippen LogP contribution in [-0.4, -0.2) is 15.2 Å². The van der Waals surface area contributed by atoms with Gasteiger partial charge in [0.05, 0.1) is 11.9 Å². The fraction of sp³-hybridized carbons (Fsp3) is 0.118. The van der Waals surface area contributed by atoms with Gasteiger partial charge in [0, 0.05) is 10.2 Å². The number of anilines is 4. The van der Waals surface area contributed by atoms with Crippen LogP contribution >= 0.6 is 15.9 Å². The van der Waals surface area contributed by atoms with Gasteiger partial charge in [-0.05, 0) is 46.1 Å². The van der Waals surface area contributed by atoms with E-state index in [1.165, 1.54) is 5.56 Å². The van der Waals surface area contributed by atoms with Crippen LogP contribution in [0, 0.1) is 0 Å². The lowest BCUT2D eigenvalue weighted by Gasteiger charge is -2.11. The van der Waals surface area contributed by atoms with Crippen molar-refractivity contribution in [2.45, 2.75) is 13.3 Å². The molecule has 1 aromatic heterocycles. The molecule has 0 aliphatic carbocycles. The van der Waals surface area contributed by atoms with Crippen LogP contribution in [0.4, 0.5) is 23.1 Å². The number of halogens is 1. The van der Waals surface area contributed by atoms with E-state index in [4.69, 9.17) is 0 Å². The van der Waals surface area contributed by atoms with Crippen LogP contribution in [0.3, 0.4) is 0 Å². The molecule has 0 unspecified atom stereocenters. The number of aryl methyl sites for hydroxylation is 1. The van der Waals surface area contributed by atoms with Crippen LogP contribution in [0.2, 0.25) is 0 Å². The Balaban J connectivity index is 1.81. The Morgan fingerprint density at radius 1 is 0.957 bits per heavy atom.